The molecule has 0 fully saturated rings. The summed E-state index contributed by atoms with van der Waals surface area (Å²) in [5.74, 6) is 0. The Kier molecular flexibility index (Phi) is 4.40. The number of aryl methyl sites for hydroxylation is 1. The van der Waals surface area contributed by atoms with Gasteiger partial charge in [-0.05, 0) is 44.9 Å². The average Bonchev–Trinajstić information content (AvgIpc) is 2.14. The van der Waals surface area contributed by atoms with Crippen molar-refractivity contribution in [1.29, 1.82) is 0 Å². The van der Waals surface area contributed by atoms with E-state index in [0.29, 0.717) is 11.6 Å². The van der Waals surface area contributed by atoms with E-state index >= 15 is 0 Å². The summed E-state index contributed by atoms with van der Waals surface area (Å²) in [5, 5.41) is 3.35. The van der Waals surface area contributed by atoms with Crippen LogP contribution in [0.15, 0.2) is 18.2 Å². The normalized spacial score (nSPS) is 11.1. The molecule has 0 atom stereocenters. The third-order valence-corrected chi connectivity index (χ3v) is 2.52. The van der Waals surface area contributed by atoms with E-state index in [1.807, 2.05) is 39.8 Å². The second-order valence-electron chi connectivity index (χ2n) is 4.89. The van der Waals surface area contributed by atoms with Gasteiger partial charge in [-0.2, -0.15) is 0 Å². The maximum atomic E-state index is 11.5. The highest BCUT2D eigenvalue weighted by Crippen LogP contribution is 2.19. The van der Waals surface area contributed by atoms with E-state index in [1.165, 1.54) is 0 Å². The highest BCUT2D eigenvalue weighted by molar-refractivity contribution is 6.31. The van der Waals surface area contributed by atoms with E-state index in [1.54, 1.807) is 6.07 Å². The van der Waals surface area contributed by atoms with E-state index in [2.05, 4.69) is 5.32 Å². The number of nitrogens with one attached hydrogen (secondary N) is 1. The second kappa shape index (κ2) is 5.41. The van der Waals surface area contributed by atoms with Crippen LogP contribution in [0.25, 0.3) is 0 Å². The van der Waals surface area contributed by atoms with Gasteiger partial charge in [-0.1, -0.05) is 23.7 Å². The Morgan fingerprint density at radius 1 is 1.41 bits per heavy atom. The van der Waals surface area contributed by atoms with E-state index in [0.717, 1.165) is 11.1 Å². The van der Waals surface area contributed by atoms with Crippen molar-refractivity contribution in [1.82, 2.24) is 5.32 Å². The monoisotopic (exact) mass is 255 g/mol. The number of rotatable bonds is 2. The number of benzene rings is 1. The number of hydrogen-bond acceptors (Lipinski definition) is 2. The summed E-state index contributed by atoms with van der Waals surface area (Å²) >= 11 is 6.05. The minimum atomic E-state index is -0.486. The molecule has 94 valence electrons. The first-order valence-corrected chi connectivity index (χ1v) is 5.88. The summed E-state index contributed by atoms with van der Waals surface area (Å²) < 4.78 is 5.15. The molecule has 0 saturated heterocycles. The van der Waals surface area contributed by atoms with Gasteiger partial charge >= 0.3 is 6.09 Å². The standard InChI is InChI=1S/C13H18ClNO2/c1-9-6-5-7-11(14)10(9)8-15-12(16)17-13(2,3)4/h5-7H,8H2,1-4H3,(H,15,16). The molecule has 1 amide bonds. The van der Waals surface area contributed by atoms with Gasteiger partial charge < -0.3 is 10.1 Å². The maximum absolute atomic E-state index is 11.5. The van der Waals surface area contributed by atoms with Gasteiger partial charge in [0.05, 0.1) is 0 Å². The third-order valence-electron chi connectivity index (χ3n) is 2.16. The van der Waals surface area contributed by atoms with Crippen LogP contribution in [0.5, 0.6) is 0 Å². The molecule has 1 N–H and O–H groups in total. The maximum Gasteiger partial charge on any atom is 0.407 e. The van der Waals surface area contributed by atoms with Crippen LogP contribution in [0.2, 0.25) is 5.02 Å². The van der Waals surface area contributed by atoms with Crippen LogP contribution < -0.4 is 5.32 Å². The van der Waals surface area contributed by atoms with Crippen molar-refractivity contribution in [2.75, 3.05) is 0 Å². The van der Waals surface area contributed by atoms with Crippen molar-refractivity contribution >= 4 is 17.7 Å². The topological polar surface area (TPSA) is 38.3 Å². The zero-order valence-corrected chi connectivity index (χ0v) is 11.4. The first kappa shape index (κ1) is 13.8. The Bertz CT molecular complexity index is 390. The molecule has 0 aliphatic heterocycles. The fourth-order valence-corrected chi connectivity index (χ4v) is 1.65. The van der Waals surface area contributed by atoms with E-state index in [-0.39, 0.29) is 0 Å². The Hall–Kier alpha value is -1.22. The summed E-state index contributed by atoms with van der Waals surface area (Å²) in [6.07, 6.45) is -0.434. The molecule has 1 rings (SSSR count). The molecule has 0 saturated carbocycles. The molecule has 17 heavy (non-hydrogen) atoms. The summed E-state index contributed by atoms with van der Waals surface area (Å²) in [7, 11) is 0. The Morgan fingerprint density at radius 2 is 2.06 bits per heavy atom. The fourth-order valence-electron chi connectivity index (χ4n) is 1.37. The van der Waals surface area contributed by atoms with Gasteiger partial charge in [0.1, 0.15) is 5.60 Å². The van der Waals surface area contributed by atoms with Crippen molar-refractivity contribution in [3.8, 4) is 0 Å². The van der Waals surface area contributed by atoms with Gasteiger partial charge in [0, 0.05) is 11.6 Å². The molecule has 0 radical (unpaired) electrons. The van der Waals surface area contributed by atoms with Crippen LogP contribution >= 0.6 is 11.6 Å². The summed E-state index contributed by atoms with van der Waals surface area (Å²) in [5.41, 5.74) is 1.48. The quantitative estimate of drug-likeness (QED) is 0.876. The second-order valence-corrected chi connectivity index (χ2v) is 5.30. The van der Waals surface area contributed by atoms with Crippen molar-refractivity contribution in [3.63, 3.8) is 0 Å². The summed E-state index contributed by atoms with van der Waals surface area (Å²) in [6, 6.07) is 5.65. The lowest BCUT2D eigenvalue weighted by Gasteiger charge is -2.20. The average molecular weight is 256 g/mol. The number of halogens is 1. The third kappa shape index (κ3) is 4.65. The first-order chi connectivity index (χ1) is 7.79. The molecule has 0 aliphatic carbocycles. The predicted molar refractivity (Wildman–Crippen MR) is 69.3 cm³/mol. The van der Waals surface area contributed by atoms with Crippen LogP contribution in [0.4, 0.5) is 4.79 Å². The lowest BCUT2D eigenvalue weighted by Crippen LogP contribution is -2.32. The van der Waals surface area contributed by atoms with E-state index in [9.17, 15) is 4.79 Å². The zero-order chi connectivity index (χ0) is 13.1. The molecule has 1 aromatic carbocycles. The first-order valence-electron chi connectivity index (χ1n) is 5.50. The number of carbonyl (C=O) groups excluding carboxylic acids is 1. The smallest absolute Gasteiger partial charge is 0.407 e. The molecule has 4 heteroatoms. The number of amides is 1. The highest BCUT2D eigenvalue weighted by atomic mass is 35.5. The summed E-state index contributed by atoms with van der Waals surface area (Å²) in [6.45, 7) is 7.81. The van der Waals surface area contributed by atoms with Crippen LogP contribution in [0.3, 0.4) is 0 Å². The largest absolute Gasteiger partial charge is 0.444 e. The number of ether oxygens (including phenoxy) is 1. The van der Waals surface area contributed by atoms with Crippen LogP contribution in [-0.4, -0.2) is 11.7 Å². The Morgan fingerprint density at radius 3 is 2.59 bits per heavy atom. The molecule has 0 aliphatic rings. The number of hydrogen-bond donors (Lipinski definition) is 1. The van der Waals surface area contributed by atoms with Gasteiger partial charge in [0.15, 0.2) is 0 Å². The molecule has 0 bridgehead atoms. The predicted octanol–water partition coefficient (Wildman–Crippen LogP) is 3.67. The van der Waals surface area contributed by atoms with Crippen molar-refractivity contribution in [3.05, 3.63) is 34.3 Å². The molecule has 0 aromatic heterocycles. The minimum Gasteiger partial charge on any atom is -0.444 e. The summed E-state index contributed by atoms with van der Waals surface area (Å²) in [4.78, 5) is 11.5. The van der Waals surface area contributed by atoms with Gasteiger partial charge in [-0.15, -0.1) is 0 Å². The lowest BCUT2D eigenvalue weighted by molar-refractivity contribution is 0.0523. The molecular formula is C13H18ClNO2. The lowest BCUT2D eigenvalue weighted by atomic mass is 10.1. The van der Waals surface area contributed by atoms with Crippen molar-refractivity contribution in [2.24, 2.45) is 0 Å². The van der Waals surface area contributed by atoms with Crippen LogP contribution in [0.1, 0.15) is 31.9 Å². The van der Waals surface area contributed by atoms with Crippen LogP contribution in [-0.2, 0) is 11.3 Å². The van der Waals surface area contributed by atoms with Crippen LogP contribution in [0, 0.1) is 6.92 Å². The molecule has 1 aromatic rings. The van der Waals surface area contributed by atoms with E-state index in [4.69, 9.17) is 16.3 Å². The molecule has 0 heterocycles. The van der Waals surface area contributed by atoms with Gasteiger partial charge in [-0.3, -0.25) is 0 Å². The molecule has 3 nitrogen and oxygen atoms in total. The van der Waals surface area contributed by atoms with Gasteiger partial charge in [-0.25, -0.2) is 4.79 Å². The molecular weight excluding hydrogens is 238 g/mol. The molecule has 0 spiro atoms. The SMILES string of the molecule is Cc1cccc(Cl)c1CNC(=O)OC(C)(C)C. The number of carbonyl (C=O) groups is 1. The van der Waals surface area contributed by atoms with Crippen molar-refractivity contribution < 1.29 is 9.53 Å². The highest BCUT2D eigenvalue weighted by Gasteiger charge is 2.16. The molecule has 0 unspecified atom stereocenters. The fraction of sp³-hybridized carbons (Fsp3) is 0.462. The zero-order valence-electron chi connectivity index (χ0n) is 10.6. The number of alkyl carbamates (subject to hydrolysis) is 1. The Balaban J connectivity index is 2.59. The van der Waals surface area contributed by atoms with Crippen molar-refractivity contribution in [2.45, 2.75) is 39.8 Å². The van der Waals surface area contributed by atoms with E-state index < -0.39 is 11.7 Å². The van der Waals surface area contributed by atoms with Gasteiger partial charge in [0.25, 0.3) is 0 Å². The minimum absolute atomic E-state index is 0.375. The Labute approximate surface area is 107 Å². The van der Waals surface area contributed by atoms with Gasteiger partial charge in [0.2, 0.25) is 0 Å².